The van der Waals surface area contributed by atoms with Crippen molar-refractivity contribution < 1.29 is 13.2 Å². The highest BCUT2D eigenvalue weighted by atomic mass is 32.2. The van der Waals surface area contributed by atoms with Gasteiger partial charge in [0.05, 0.1) is 10.4 Å². The Bertz CT molecular complexity index is 1020. The van der Waals surface area contributed by atoms with Crippen LogP contribution >= 0.6 is 0 Å². The molecule has 1 amide bonds. The van der Waals surface area contributed by atoms with Crippen LogP contribution in [0.5, 0.6) is 0 Å². The lowest BCUT2D eigenvalue weighted by molar-refractivity contribution is -0.126. The molecule has 1 aromatic heterocycles. The van der Waals surface area contributed by atoms with Crippen LogP contribution in [0, 0.1) is 0 Å². The van der Waals surface area contributed by atoms with E-state index in [0.717, 1.165) is 44.0 Å². The van der Waals surface area contributed by atoms with Crippen LogP contribution in [0.2, 0.25) is 0 Å². The molecule has 0 radical (unpaired) electrons. The van der Waals surface area contributed by atoms with E-state index >= 15 is 0 Å². The SMILES string of the molecule is CC(C)n1nnc2cc(S(=O)(=O)N3CCCCC3C(=O)NC3CCCCCC3)ccc21. The van der Waals surface area contributed by atoms with Crippen LogP contribution in [-0.2, 0) is 14.8 Å². The van der Waals surface area contributed by atoms with Crippen molar-refractivity contribution in [2.45, 2.75) is 94.7 Å². The van der Waals surface area contributed by atoms with Gasteiger partial charge in [0.2, 0.25) is 15.9 Å². The zero-order valence-electron chi connectivity index (χ0n) is 18.5. The lowest BCUT2D eigenvalue weighted by Gasteiger charge is -2.34. The molecule has 170 valence electrons. The van der Waals surface area contributed by atoms with Crippen molar-refractivity contribution >= 4 is 27.0 Å². The maximum absolute atomic E-state index is 13.5. The molecule has 2 fully saturated rings. The van der Waals surface area contributed by atoms with Gasteiger partial charge >= 0.3 is 0 Å². The van der Waals surface area contributed by atoms with Crippen LogP contribution in [0.1, 0.15) is 77.7 Å². The van der Waals surface area contributed by atoms with Crippen LogP contribution in [-0.4, -0.2) is 52.3 Å². The van der Waals surface area contributed by atoms with E-state index in [-0.39, 0.29) is 22.9 Å². The minimum absolute atomic E-state index is 0.131. The summed E-state index contributed by atoms with van der Waals surface area (Å²) in [5.41, 5.74) is 1.35. The molecule has 2 heterocycles. The molecule has 1 saturated carbocycles. The highest BCUT2D eigenvalue weighted by Crippen LogP contribution is 2.28. The summed E-state index contributed by atoms with van der Waals surface area (Å²) in [4.78, 5) is 13.3. The number of amides is 1. The highest BCUT2D eigenvalue weighted by Gasteiger charge is 2.38. The van der Waals surface area contributed by atoms with Crippen LogP contribution < -0.4 is 5.32 Å². The van der Waals surface area contributed by atoms with Crippen molar-refractivity contribution in [1.82, 2.24) is 24.6 Å². The predicted octanol–water partition coefficient (Wildman–Crippen LogP) is 3.39. The molecule has 1 saturated heterocycles. The van der Waals surface area contributed by atoms with E-state index in [1.807, 2.05) is 13.8 Å². The van der Waals surface area contributed by atoms with E-state index in [0.29, 0.717) is 18.5 Å². The fraction of sp³-hybridized carbons (Fsp3) is 0.682. The normalized spacial score (nSPS) is 22.0. The Balaban J connectivity index is 1.57. The second-order valence-corrected chi connectivity index (χ2v) is 11.0. The van der Waals surface area contributed by atoms with E-state index in [1.165, 1.54) is 17.1 Å². The summed E-state index contributed by atoms with van der Waals surface area (Å²) >= 11 is 0. The predicted molar refractivity (Wildman–Crippen MR) is 119 cm³/mol. The van der Waals surface area contributed by atoms with Crippen molar-refractivity contribution in [3.63, 3.8) is 0 Å². The van der Waals surface area contributed by atoms with Gasteiger partial charge in [-0.3, -0.25) is 4.79 Å². The number of nitrogens with one attached hydrogen (secondary N) is 1. The average Bonchev–Trinajstić information content (AvgIpc) is 3.03. The number of fused-ring (bicyclic) bond motifs is 1. The molecule has 1 atom stereocenters. The zero-order chi connectivity index (χ0) is 22.0. The lowest BCUT2D eigenvalue weighted by Crippen LogP contribution is -2.53. The molecule has 1 aromatic carbocycles. The van der Waals surface area contributed by atoms with E-state index in [2.05, 4.69) is 15.6 Å². The van der Waals surface area contributed by atoms with E-state index < -0.39 is 16.1 Å². The van der Waals surface area contributed by atoms with Crippen LogP contribution in [0.15, 0.2) is 23.1 Å². The Labute approximate surface area is 184 Å². The minimum atomic E-state index is -3.81. The largest absolute Gasteiger partial charge is 0.352 e. The van der Waals surface area contributed by atoms with Gasteiger partial charge in [-0.05, 0) is 57.7 Å². The van der Waals surface area contributed by atoms with Gasteiger partial charge < -0.3 is 5.32 Å². The minimum Gasteiger partial charge on any atom is -0.352 e. The highest BCUT2D eigenvalue weighted by molar-refractivity contribution is 7.89. The zero-order valence-corrected chi connectivity index (χ0v) is 19.3. The summed E-state index contributed by atoms with van der Waals surface area (Å²) in [6.07, 6.45) is 8.79. The number of aromatic nitrogens is 3. The topological polar surface area (TPSA) is 97.2 Å². The molecule has 9 heteroatoms. The number of rotatable bonds is 5. The first-order chi connectivity index (χ1) is 14.9. The van der Waals surface area contributed by atoms with Gasteiger partial charge in [-0.1, -0.05) is 37.3 Å². The van der Waals surface area contributed by atoms with Gasteiger partial charge in [0, 0.05) is 18.6 Å². The average molecular weight is 448 g/mol. The Morgan fingerprint density at radius 3 is 2.48 bits per heavy atom. The first kappa shape index (κ1) is 22.2. The molecule has 1 unspecified atom stereocenters. The van der Waals surface area contributed by atoms with E-state index in [4.69, 9.17) is 0 Å². The quantitative estimate of drug-likeness (QED) is 0.709. The second-order valence-electron chi connectivity index (χ2n) is 9.10. The number of sulfonamides is 1. The molecule has 1 N–H and O–H groups in total. The molecule has 1 aliphatic carbocycles. The van der Waals surface area contributed by atoms with Crippen molar-refractivity contribution in [3.05, 3.63) is 18.2 Å². The van der Waals surface area contributed by atoms with Gasteiger partial charge in [0.25, 0.3) is 0 Å². The summed E-state index contributed by atoms with van der Waals surface area (Å²) in [5.74, 6) is -0.151. The monoisotopic (exact) mass is 447 g/mol. The standard InChI is InChI=1S/C22H33N5O3S/c1-16(2)27-20-13-12-18(15-19(20)24-25-27)31(29,30)26-14-8-7-11-21(26)22(28)23-17-9-5-3-4-6-10-17/h12-13,15-17,21H,3-11,14H2,1-2H3,(H,23,28). The molecular formula is C22H33N5O3S. The van der Waals surface area contributed by atoms with E-state index in [9.17, 15) is 13.2 Å². The fourth-order valence-corrected chi connectivity index (χ4v) is 6.45. The first-order valence-electron chi connectivity index (χ1n) is 11.5. The molecule has 8 nitrogen and oxygen atoms in total. The Morgan fingerprint density at radius 1 is 1.06 bits per heavy atom. The summed E-state index contributed by atoms with van der Waals surface area (Å²) in [7, 11) is -3.81. The number of hydrogen-bond donors (Lipinski definition) is 1. The van der Waals surface area contributed by atoms with Gasteiger partial charge in [-0.25, -0.2) is 13.1 Å². The maximum Gasteiger partial charge on any atom is 0.243 e. The summed E-state index contributed by atoms with van der Waals surface area (Å²) < 4.78 is 30.2. The van der Waals surface area contributed by atoms with E-state index in [1.54, 1.807) is 22.9 Å². The van der Waals surface area contributed by atoms with Crippen molar-refractivity contribution in [1.29, 1.82) is 0 Å². The fourth-order valence-electron chi connectivity index (χ4n) is 4.77. The number of carbonyl (C=O) groups excluding carboxylic acids is 1. The van der Waals surface area contributed by atoms with Gasteiger partial charge in [0.15, 0.2) is 0 Å². The van der Waals surface area contributed by atoms with Crippen LogP contribution in [0.25, 0.3) is 11.0 Å². The molecule has 4 rings (SSSR count). The molecule has 0 spiro atoms. The smallest absolute Gasteiger partial charge is 0.243 e. The van der Waals surface area contributed by atoms with Crippen molar-refractivity contribution in [3.8, 4) is 0 Å². The molecule has 2 aliphatic rings. The second kappa shape index (κ2) is 9.24. The van der Waals surface area contributed by atoms with Gasteiger partial charge in [-0.2, -0.15) is 4.31 Å². The number of carbonyl (C=O) groups is 1. The Hall–Kier alpha value is -2.00. The van der Waals surface area contributed by atoms with Crippen LogP contribution in [0.4, 0.5) is 0 Å². The van der Waals surface area contributed by atoms with Gasteiger partial charge in [-0.15, -0.1) is 5.10 Å². The lowest BCUT2D eigenvalue weighted by atomic mass is 10.0. The molecule has 1 aliphatic heterocycles. The van der Waals surface area contributed by atoms with Crippen molar-refractivity contribution in [2.24, 2.45) is 0 Å². The van der Waals surface area contributed by atoms with Crippen molar-refractivity contribution in [2.75, 3.05) is 6.54 Å². The third kappa shape index (κ3) is 4.62. The molecular weight excluding hydrogens is 414 g/mol. The third-order valence-electron chi connectivity index (χ3n) is 6.50. The summed E-state index contributed by atoms with van der Waals surface area (Å²) in [6.45, 7) is 4.37. The van der Waals surface area contributed by atoms with Crippen LogP contribution in [0.3, 0.4) is 0 Å². The summed E-state index contributed by atoms with van der Waals surface area (Å²) in [6, 6.07) is 4.58. The molecule has 31 heavy (non-hydrogen) atoms. The van der Waals surface area contributed by atoms with Gasteiger partial charge in [0.1, 0.15) is 11.6 Å². The maximum atomic E-state index is 13.5. The third-order valence-corrected chi connectivity index (χ3v) is 8.40. The number of benzene rings is 1. The first-order valence-corrected chi connectivity index (χ1v) is 13.0. The Morgan fingerprint density at radius 2 is 1.77 bits per heavy atom. The number of nitrogens with zero attached hydrogens (tertiary/aromatic N) is 4. The molecule has 0 bridgehead atoms. The Kier molecular flexibility index (Phi) is 6.62. The molecule has 2 aromatic rings. The summed E-state index contributed by atoms with van der Waals surface area (Å²) in [5, 5.41) is 11.4. The number of piperidine rings is 1. The number of hydrogen-bond acceptors (Lipinski definition) is 5.